The lowest BCUT2D eigenvalue weighted by Gasteiger charge is -2.29. The topological polar surface area (TPSA) is 66.5 Å². The summed E-state index contributed by atoms with van der Waals surface area (Å²) in [6.45, 7) is 3.56. The molecular weight excluding hydrogens is 420 g/mol. The predicted octanol–water partition coefficient (Wildman–Crippen LogP) is 4.69. The highest BCUT2D eigenvalue weighted by atomic mass is 32.2. The lowest BCUT2D eigenvalue weighted by molar-refractivity contribution is -0.120. The van der Waals surface area contributed by atoms with Crippen LogP contribution >= 0.6 is 0 Å². The Balaban J connectivity index is 1.65. The van der Waals surface area contributed by atoms with Crippen molar-refractivity contribution in [2.45, 2.75) is 44.0 Å². The van der Waals surface area contributed by atoms with Gasteiger partial charge in [-0.2, -0.15) is 0 Å². The van der Waals surface area contributed by atoms with Gasteiger partial charge in [-0.1, -0.05) is 48.5 Å². The Kier molecular flexibility index (Phi) is 6.33. The Morgan fingerprint density at radius 1 is 0.969 bits per heavy atom. The predicted molar refractivity (Wildman–Crippen MR) is 127 cm³/mol. The number of carbonyl (C=O) groups excluding carboxylic acids is 1. The van der Waals surface area contributed by atoms with Crippen LogP contribution in [0.5, 0.6) is 0 Å². The molecule has 0 fully saturated rings. The number of amides is 1. The Morgan fingerprint density at radius 3 is 2.34 bits per heavy atom. The molecule has 0 aliphatic heterocycles. The van der Waals surface area contributed by atoms with E-state index in [4.69, 9.17) is 0 Å². The second-order valence-corrected chi connectivity index (χ2v) is 10.2. The van der Waals surface area contributed by atoms with Crippen LogP contribution in [-0.4, -0.2) is 20.9 Å². The highest BCUT2D eigenvalue weighted by Crippen LogP contribution is 2.30. The largest absolute Gasteiger partial charge is 0.348 e. The van der Waals surface area contributed by atoms with Crippen LogP contribution in [0.2, 0.25) is 0 Å². The number of nitrogens with zero attached hydrogens (tertiary/aromatic N) is 1. The van der Waals surface area contributed by atoms with Gasteiger partial charge in [-0.05, 0) is 79.6 Å². The summed E-state index contributed by atoms with van der Waals surface area (Å²) < 4.78 is 28.3. The summed E-state index contributed by atoms with van der Waals surface area (Å²) in [5.41, 5.74) is 4.73. The first-order valence-electron chi connectivity index (χ1n) is 10.9. The molecule has 0 unspecified atom stereocenters. The second kappa shape index (κ2) is 9.17. The second-order valence-electron chi connectivity index (χ2n) is 8.38. The fraction of sp³-hybridized carbons (Fsp3) is 0.269. The maximum absolute atomic E-state index is 13.5. The zero-order valence-corrected chi connectivity index (χ0v) is 19.2. The van der Waals surface area contributed by atoms with E-state index in [0.717, 1.165) is 36.0 Å². The molecule has 1 aliphatic rings. The Labute approximate surface area is 190 Å². The van der Waals surface area contributed by atoms with Crippen LogP contribution in [0.15, 0.2) is 77.7 Å². The lowest BCUT2D eigenvalue weighted by atomic mass is 9.88. The van der Waals surface area contributed by atoms with Gasteiger partial charge in [-0.3, -0.25) is 9.10 Å². The molecule has 0 aromatic heterocycles. The van der Waals surface area contributed by atoms with Crippen LogP contribution in [0, 0.1) is 13.8 Å². The molecule has 0 bridgehead atoms. The molecule has 32 heavy (non-hydrogen) atoms. The van der Waals surface area contributed by atoms with Gasteiger partial charge in [0.2, 0.25) is 5.91 Å². The van der Waals surface area contributed by atoms with E-state index in [1.54, 1.807) is 42.5 Å². The highest BCUT2D eigenvalue weighted by Gasteiger charge is 2.29. The smallest absolute Gasteiger partial charge is 0.264 e. The minimum absolute atomic E-state index is 0.104. The molecular formula is C26H28N2O3S. The van der Waals surface area contributed by atoms with Gasteiger partial charge in [0.25, 0.3) is 10.0 Å². The monoisotopic (exact) mass is 448 g/mol. The lowest BCUT2D eigenvalue weighted by Crippen LogP contribution is -2.42. The average molecular weight is 449 g/mol. The number of hydrogen-bond donors (Lipinski definition) is 1. The zero-order valence-electron chi connectivity index (χ0n) is 18.4. The number of carbonyl (C=O) groups is 1. The number of rotatable bonds is 6. The van der Waals surface area contributed by atoms with Crippen LogP contribution in [0.4, 0.5) is 5.69 Å². The number of aryl methyl sites for hydroxylation is 3. The van der Waals surface area contributed by atoms with E-state index in [0.29, 0.717) is 5.69 Å². The van der Waals surface area contributed by atoms with E-state index in [1.807, 2.05) is 38.1 Å². The van der Waals surface area contributed by atoms with Crippen molar-refractivity contribution in [2.24, 2.45) is 0 Å². The SMILES string of the molecule is Cc1cc(C)cc(N(CC(=O)N[C@H]2CCCc3ccccc32)S(=O)(=O)c2ccccc2)c1. The highest BCUT2D eigenvalue weighted by molar-refractivity contribution is 7.92. The van der Waals surface area contributed by atoms with Crippen LogP contribution in [0.25, 0.3) is 0 Å². The molecule has 0 spiro atoms. The third-order valence-corrected chi connectivity index (χ3v) is 7.61. The van der Waals surface area contributed by atoms with Gasteiger partial charge in [-0.15, -0.1) is 0 Å². The van der Waals surface area contributed by atoms with Crippen molar-refractivity contribution in [3.63, 3.8) is 0 Å². The number of fused-ring (bicyclic) bond motifs is 1. The van der Waals surface area contributed by atoms with Gasteiger partial charge >= 0.3 is 0 Å². The van der Waals surface area contributed by atoms with Crippen LogP contribution < -0.4 is 9.62 Å². The van der Waals surface area contributed by atoms with Crippen molar-refractivity contribution < 1.29 is 13.2 Å². The number of nitrogens with one attached hydrogen (secondary N) is 1. The molecule has 3 aromatic rings. The fourth-order valence-electron chi connectivity index (χ4n) is 4.40. The summed E-state index contributed by atoms with van der Waals surface area (Å²) in [5, 5.41) is 3.08. The van der Waals surface area contributed by atoms with E-state index < -0.39 is 10.0 Å². The molecule has 166 valence electrons. The van der Waals surface area contributed by atoms with Gasteiger partial charge in [-0.25, -0.2) is 8.42 Å². The van der Waals surface area contributed by atoms with Gasteiger partial charge in [0.1, 0.15) is 6.54 Å². The van der Waals surface area contributed by atoms with E-state index in [1.165, 1.54) is 9.87 Å². The molecule has 6 heteroatoms. The van der Waals surface area contributed by atoms with Crippen molar-refractivity contribution in [2.75, 3.05) is 10.8 Å². The van der Waals surface area contributed by atoms with Crippen molar-refractivity contribution in [3.05, 3.63) is 95.1 Å². The number of sulfonamides is 1. The molecule has 0 radical (unpaired) electrons. The summed E-state index contributed by atoms with van der Waals surface area (Å²) in [4.78, 5) is 13.3. The Hall–Kier alpha value is -3.12. The third-order valence-electron chi connectivity index (χ3n) is 5.82. The summed E-state index contributed by atoms with van der Waals surface area (Å²) in [6, 6.07) is 21.9. The van der Waals surface area contributed by atoms with Crippen LogP contribution in [0.3, 0.4) is 0 Å². The first-order valence-corrected chi connectivity index (χ1v) is 12.3. The van der Waals surface area contributed by atoms with Gasteiger partial charge in [0, 0.05) is 0 Å². The molecule has 0 saturated carbocycles. The zero-order chi connectivity index (χ0) is 22.7. The standard InChI is InChI=1S/C26H28N2O3S/c1-19-15-20(2)17-22(16-19)28(32(30,31)23-11-4-3-5-12-23)18-26(29)27-25-14-8-10-21-9-6-7-13-24(21)25/h3-7,9,11-13,15-17,25H,8,10,14,18H2,1-2H3,(H,27,29)/t25-/m0/s1. The Bertz CT molecular complexity index is 1200. The summed E-state index contributed by atoms with van der Waals surface area (Å²) in [5.74, 6) is -0.314. The maximum atomic E-state index is 13.5. The summed E-state index contributed by atoms with van der Waals surface area (Å²) in [7, 11) is -3.91. The molecule has 1 aliphatic carbocycles. The van der Waals surface area contributed by atoms with Crippen molar-refractivity contribution in [3.8, 4) is 0 Å². The van der Waals surface area contributed by atoms with Crippen molar-refractivity contribution >= 4 is 21.6 Å². The molecule has 4 rings (SSSR count). The third kappa shape index (κ3) is 4.70. The molecule has 1 amide bonds. The minimum atomic E-state index is -3.91. The average Bonchev–Trinajstić information content (AvgIpc) is 2.77. The Morgan fingerprint density at radius 2 is 1.62 bits per heavy atom. The van der Waals surface area contributed by atoms with Gasteiger partial charge < -0.3 is 5.32 Å². The number of benzene rings is 3. The normalized spacial score (nSPS) is 15.6. The van der Waals surface area contributed by atoms with Gasteiger partial charge in [0.15, 0.2) is 0 Å². The molecule has 1 atom stereocenters. The maximum Gasteiger partial charge on any atom is 0.264 e. The van der Waals surface area contributed by atoms with Crippen molar-refractivity contribution in [1.29, 1.82) is 0 Å². The quantitative estimate of drug-likeness (QED) is 0.595. The first kappa shape index (κ1) is 22.1. The minimum Gasteiger partial charge on any atom is -0.348 e. The summed E-state index contributed by atoms with van der Waals surface area (Å²) in [6.07, 6.45) is 2.84. The first-order chi connectivity index (χ1) is 15.3. The summed E-state index contributed by atoms with van der Waals surface area (Å²) >= 11 is 0. The van der Waals surface area contributed by atoms with Gasteiger partial charge in [0.05, 0.1) is 16.6 Å². The van der Waals surface area contributed by atoms with Crippen LogP contribution in [0.1, 0.15) is 41.1 Å². The molecule has 5 nitrogen and oxygen atoms in total. The van der Waals surface area contributed by atoms with Crippen molar-refractivity contribution in [1.82, 2.24) is 5.32 Å². The fourth-order valence-corrected chi connectivity index (χ4v) is 5.83. The van der Waals surface area contributed by atoms with E-state index in [2.05, 4.69) is 11.4 Å². The van der Waals surface area contributed by atoms with E-state index in [9.17, 15) is 13.2 Å². The number of anilines is 1. The number of hydrogen-bond acceptors (Lipinski definition) is 3. The van der Waals surface area contributed by atoms with E-state index in [-0.39, 0.29) is 23.4 Å². The molecule has 1 N–H and O–H groups in total. The van der Waals surface area contributed by atoms with Crippen LogP contribution in [-0.2, 0) is 21.2 Å². The van der Waals surface area contributed by atoms with E-state index >= 15 is 0 Å². The molecule has 0 heterocycles. The molecule has 0 saturated heterocycles. The molecule has 3 aromatic carbocycles.